The van der Waals surface area contributed by atoms with Crippen LogP contribution in [0.5, 0.6) is 0 Å². The summed E-state index contributed by atoms with van der Waals surface area (Å²) in [5, 5.41) is 17.3. The summed E-state index contributed by atoms with van der Waals surface area (Å²) in [6.07, 6.45) is 1.82. The number of guanidine groups is 1. The highest BCUT2D eigenvalue weighted by Gasteiger charge is 2.38. The van der Waals surface area contributed by atoms with Crippen LogP contribution in [0.3, 0.4) is 0 Å². The van der Waals surface area contributed by atoms with E-state index in [1.54, 1.807) is 0 Å². The lowest BCUT2D eigenvalue weighted by Gasteiger charge is -2.30. The molecule has 1 aliphatic heterocycles. The van der Waals surface area contributed by atoms with Gasteiger partial charge in [-0.05, 0) is 55.5 Å². The fraction of sp³-hybridized carbons (Fsp3) is 0.379. The van der Waals surface area contributed by atoms with Crippen LogP contribution >= 0.6 is 0 Å². The molecular weight excluding hydrogens is 543 g/mol. The highest BCUT2D eigenvalue weighted by atomic mass is 16.4. The van der Waals surface area contributed by atoms with E-state index in [-0.39, 0.29) is 42.7 Å². The number of nitrogens with one attached hydrogen (secondary N) is 3. The average molecular weight is 581 g/mol. The lowest BCUT2D eigenvalue weighted by atomic mass is 10.0. The first-order chi connectivity index (χ1) is 20.0. The van der Waals surface area contributed by atoms with Crippen LogP contribution in [0.4, 0.5) is 5.69 Å². The van der Waals surface area contributed by atoms with E-state index in [9.17, 15) is 24.0 Å². The Hall–Kier alpha value is -4.94. The van der Waals surface area contributed by atoms with Gasteiger partial charge in [0.25, 0.3) is 0 Å². The number of nitrogens with two attached hydrogens (primary N) is 2. The summed E-state index contributed by atoms with van der Waals surface area (Å²) in [6.45, 7) is 1.90. The fourth-order valence-electron chi connectivity index (χ4n) is 4.76. The van der Waals surface area contributed by atoms with Gasteiger partial charge in [-0.15, -0.1) is 0 Å². The van der Waals surface area contributed by atoms with Gasteiger partial charge in [-0.1, -0.05) is 30.3 Å². The number of nitrogens with zero attached hydrogens (tertiary/aromatic N) is 2. The Balaban J connectivity index is 1.74. The Morgan fingerprint density at radius 3 is 2.31 bits per heavy atom. The second kappa shape index (κ2) is 15.2. The van der Waals surface area contributed by atoms with E-state index in [0.717, 1.165) is 5.56 Å². The predicted octanol–water partition coefficient (Wildman–Crippen LogP) is 0.600. The van der Waals surface area contributed by atoms with Crippen molar-refractivity contribution in [1.29, 1.82) is 0 Å². The number of aliphatic imine (C=N–C) groups is 1. The number of carbonyl (C=O) groups excluding carboxylic acids is 4. The number of rotatable bonds is 13. The molecule has 0 bridgehead atoms. The molecule has 42 heavy (non-hydrogen) atoms. The highest BCUT2D eigenvalue weighted by molar-refractivity contribution is 5.99. The van der Waals surface area contributed by atoms with Gasteiger partial charge in [0.2, 0.25) is 23.6 Å². The van der Waals surface area contributed by atoms with Crippen molar-refractivity contribution in [2.24, 2.45) is 16.5 Å². The Bertz CT molecular complexity index is 1300. The molecular formula is C29H37N7O6. The molecule has 3 atom stereocenters. The second-order valence-corrected chi connectivity index (χ2v) is 10.0. The number of carboxylic acid groups (broad SMARTS) is 1. The van der Waals surface area contributed by atoms with Crippen molar-refractivity contribution >= 4 is 41.2 Å². The maximum Gasteiger partial charge on any atom is 0.335 e. The van der Waals surface area contributed by atoms with Gasteiger partial charge in [-0.3, -0.25) is 24.2 Å². The first kappa shape index (κ1) is 31.6. The van der Waals surface area contributed by atoms with E-state index in [1.807, 2.05) is 30.3 Å². The van der Waals surface area contributed by atoms with Crippen LogP contribution in [-0.4, -0.2) is 76.8 Å². The minimum absolute atomic E-state index is 0.0610. The van der Waals surface area contributed by atoms with Crippen molar-refractivity contribution in [2.45, 2.75) is 57.2 Å². The molecule has 0 aliphatic carbocycles. The first-order valence-corrected chi connectivity index (χ1v) is 13.7. The zero-order valence-corrected chi connectivity index (χ0v) is 23.4. The summed E-state index contributed by atoms with van der Waals surface area (Å²) >= 11 is 0. The van der Waals surface area contributed by atoms with Gasteiger partial charge in [-0.2, -0.15) is 0 Å². The van der Waals surface area contributed by atoms with Gasteiger partial charge in [0, 0.05) is 32.1 Å². The van der Waals surface area contributed by atoms with Crippen LogP contribution in [0.15, 0.2) is 59.6 Å². The lowest BCUT2D eigenvalue weighted by Crippen LogP contribution is -2.56. The minimum Gasteiger partial charge on any atom is -0.478 e. The Labute approximate surface area is 243 Å². The highest BCUT2D eigenvalue weighted by Crippen LogP contribution is 2.21. The molecule has 1 aliphatic rings. The number of benzene rings is 2. The largest absolute Gasteiger partial charge is 0.478 e. The van der Waals surface area contributed by atoms with E-state index in [0.29, 0.717) is 31.5 Å². The molecule has 13 nitrogen and oxygen atoms in total. The number of carbonyl (C=O) groups is 5. The summed E-state index contributed by atoms with van der Waals surface area (Å²) in [6, 6.07) is 12.2. The van der Waals surface area contributed by atoms with Crippen LogP contribution in [-0.2, 0) is 25.6 Å². The third kappa shape index (κ3) is 9.32. The predicted molar refractivity (Wildman–Crippen MR) is 156 cm³/mol. The van der Waals surface area contributed by atoms with Gasteiger partial charge < -0.3 is 37.4 Å². The summed E-state index contributed by atoms with van der Waals surface area (Å²) in [4.78, 5) is 68.7. The summed E-state index contributed by atoms with van der Waals surface area (Å²) in [7, 11) is 0. The van der Waals surface area contributed by atoms with E-state index in [1.165, 1.54) is 36.1 Å². The van der Waals surface area contributed by atoms with E-state index in [2.05, 4.69) is 20.9 Å². The van der Waals surface area contributed by atoms with Gasteiger partial charge in [-0.25, -0.2) is 4.79 Å². The lowest BCUT2D eigenvalue weighted by molar-refractivity contribution is -0.141. The van der Waals surface area contributed by atoms with E-state index < -0.39 is 35.9 Å². The number of hydrogen-bond donors (Lipinski definition) is 6. The Kier molecular flexibility index (Phi) is 11.4. The van der Waals surface area contributed by atoms with Gasteiger partial charge in [0.05, 0.1) is 5.56 Å². The molecule has 8 N–H and O–H groups in total. The van der Waals surface area contributed by atoms with Crippen molar-refractivity contribution < 1.29 is 29.1 Å². The molecule has 0 radical (unpaired) electrons. The Morgan fingerprint density at radius 1 is 1.00 bits per heavy atom. The third-order valence-corrected chi connectivity index (χ3v) is 6.77. The molecule has 1 heterocycles. The molecule has 2 aromatic carbocycles. The summed E-state index contributed by atoms with van der Waals surface area (Å²) in [5.74, 6) is -2.95. The van der Waals surface area contributed by atoms with E-state index >= 15 is 0 Å². The van der Waals surface area contributed by atoms with Gasteiger partial charge in [0.1, 0.15) is 18.1 Å². The zero-order valence-electron chi connectivity index (χ0n) is 23.4. The van der Waals surface area contributed by atoms with Gasteiger partial charge in [0.15, 0.2) is 5.96 Å². The molecule has 13 heteroatoms. The topological polar surface area (TPSA) is 209 Å². The summed E-state index contributed by atoms with van der Waals surface area (Å²) in [5.41, 5.74) is 12.0. The van der Waals surface area contributed by atoms with E-state index in [4.69, 9.17) is 16.6 Å². The summed E-state index contributed by atoms with van der Waals surface area (Å²) < 4.78 is 0. The number of anilines is 1. The molecule has 3 rings (SSSR count). The standard InChI is InChI=1S/C29H37N7O6/c1-18(37)33-23(17-19-7-3-2-4-8-19)27(40)36-16-6-10-24(36)26(39)35-22(9-5-15-32-29(30)31)25(38)34-21-13-11-20(12-14-21)28(41)42/h2-4,7-8,11-14,22-24H,5-6,9-10,15-17H2,1H3,(H,33,37)(H,34,38)(H,35,39)(H,41,42)(H4,30,31,32)/t22-,23+,24-/m0/s1/i20+1. The van der Waals surface area contributed by atoms with Crippen LogP contribution in [0.2, 0.25) is 0 Å². The number of hydrogen-bond acceptors (Lipinski definition) is 6. The molecule has 1 fully saturated rings. The normalized spacial score (nSPS) is 15.6. The van der Waals surface area contributed by atoms with Gasteiger partial charge >= 0.3 is 5.97 Å². The second-order valence-electron chi connectivity index (χ2n) is 10.0. The van der Waals surface area contributed by atoms with Crippen LogP contribution in [0.25, 0.3) is 0 Å². The number of aromatic carboxylic acids is 1. The minimum atomic E-state index is -1.10. The van der Waals surface area contributed by atoms with Crippen molar-refractivity contribution in [1.82, 2.24) is 15.5 Å². The first-order valence-electron chi connectivity index (χ1n) is 13.7. The maximum absolute atomic E-state index is 13.6. The molecule has 1 saturated heterocycles. The number of amides is 4. The fourth-order valence-corrected chi connectivity index (χ4v) is 4.76. The molecule has 0 aromatic heterocycles. The van der Waals surface area contributed by atoms with Crippen LogP contribution < -0.4 is 27.4 Å². The zero-order chi connectivity index (χ0) is 30.6. The number of likely N-dealkylation sites (tertiary alicyclic amines) is 1. The Morgan fingerprint density at radius 2 is 1.69 bits per heavy atom. The molecule has 0 unspecified atom stereocenters. The molecule has 0 saturated carbocycles. The van der Waals surface area contributed by atoms with Crippen LogP contribution in [0, 0.1) is 0 Å². The SMILES string of the molecule is CC(=O)N[C@H](Cc1ccccc1)C(=O)N1CCC[C@H]1C(=O)N[C@@H](CCCN=C(N)N)C(=O)Nc1cc[13c](C(=O)O)cc1. The smallest absolute Gasteiger partial charge is 0.335 e. The molecule has 0 spiro atoms. The third-order valence-electron chi connectivity index (χ3n) is 6.77. The van der Waals surface area contributed by atoms with Crippen molar-refractivity contribution in [2.75, 3.05) is 18.4 Å². The van der Waals surface area contributed by atoms with Crippen LogP contribution in [0.1, 0.15) is 48.5 Å². The van der Waals surface area contributed by atoms with Crippen molar-refractivity contribution in [3.8, 4) is 0 Å². The monoisotopic (exact) mass is 580 g/mol. The maximum atomic E-state index is 13.6. The molecule has 4 amide bonds. The van der Waals surface area contributed by atoms with Crippen molar-refractivity contribution in [3.63, 3.8) is 0 Å². The average Bonchev–Trinajstić information content (AvgIpc) is 3.44. The molecule has 224 valence electrons. The van der Waals surface area contributed by atoms with Crippen molar-refractivity contribution in [3.05, 3.63) is 65.7 Å². The quantitative estimate of drug-likeness (QED) is 0.112. The molecule has 2 aromatic rings. The number of carboxylic acids is 1.